The molecule has 3 rings (SSSR count). The number of rotatable bonds is 3. The Labute approximate surface area is 122 Å². The summed E-state index contributed by atoms with van der Waals surface area (Å²) in [5.74, 6) is -0.189. The van der Waals surface area contributed by atoms with Gasteiger partial charge in [0.05, 0.1) is 4.47 Å². The Morgan fingerprint density at radius 3 is 2.63 bits per heavy atom. The van der Waals surface area contributed by atoms with Crippen LogP contribution in [0.5, 0.6) is 0 Å². The van der Waals surface area contributed by atoms with E-state index in [1.165, 1.54) is 31.2 Å². The number of hydrogen-bond donors (Lipinski definition) is 1. The van der Waals surface area contributed by atoms with Crippen molar-refractivity contribution in [2.75, 3.05) is 7.05 Å². The highest BCUT2D eigenvalue weighted by atomic mass is 79.9. The van der Waals surface area contributed by atoms with Crippen molar-refractivity contribution in [1.29, 1.82) is 0 Å². The van der Waals surface area contributed by atoms with E-state index in [-0.39, 0.29) is 5.82 Å². The van der Waals surface area contributed by atoms with Crippen LogP contribution >= 0.6 is 15.9 Å². The minimum absolute atomic E-state index is 0.189. The summed E-state index contributed by atoms with van der Waals surface area (Å²) in [6.45, 7) is 0.892. The molecule has 0 aliphatic carbocycles. The van der Waals surface area contributed by atoms with Gasteiger partial charge < -0.3 is 5.32 Å². The Bertz CT molecular complexity index is 453. The number of piperidine rings is 1. The summed E-state index contributed by atoms with van der Waals surface area (Å²) in [4.78, 5) is 2.42. The third-order valence-electron chi connectivity index (χ3n) is 4.49. The highest BCUT2D eigenvalue weighted by molar-refractivity contribution is 9.10. The number of fused-ring (bicyclic) bond motifs is 2. The minimum atomic E-state index is -0.189. The summed E-state index contributed by atoms with van der Waals surface area (Å²) in [5.41, 5.74) is 1.17. The summed E-state index contributed by atoms with van der Waals surface area (Å²) < 4.78 is 13.8. The Morgan fingerprint density at radius 1 is 1.32 bits per heavy atom. The largest absolute Gasteiger partial charge is 0.311 e. The summed E-state index contributed by atoms with van der Waals surface area (Å²) in [6, 6.07) is 7.40. The second kappa shape index (κ2) is 5.51. The van der Waals surface area contributed by atoms with Crippen LogP contribution in [0.3, 0.4) is 0 Å². The molecular formula is C15H20BrFN2. The summed E-state index contributed by atoms with van der Waals surface area (Å²) in [7, 11) is 2.19. The van der Waals surface area contributed by atoms with Crippen molar-refractivity contribution < 1.29 is 4.39 Å². The molecule has 0 radical (unpaired) electrons. The molecule has 2 bridgehead atoms. The lowest BCUT2D eigenvalue weighted by atomic mass is 9.98. The van der Waals surface area contributed by atoms with E-state index in [1.807, 2.05) is 12.1 Å². The molecule has 1 aromatic carbocycles. The number of nitrogens with zero attached hydrogens (tertiary/aromatic N) is 1. The zero-order valence-electron chi connectivity index (χ0n) is 11.2. The molecule has 2 aliphatic rings. The van der Waals surface area contributed by atoms with Crippen LogP contribution in [0.25, 0.3) is 0 Å². The molecule has 2 unspecified atom stereocenters. The van der Waals surface area contributed by atoms with Crippen LogP contribution in [0.4, 0.5) is 4.39 Å². The average Bonchev–Trinajstić information content (AvgIpc) is 2.72. The minimum Gasteiger partial charge on any atom is -0.311 e. The van der Waals surface area contributed by atoms with Gasteiger partial charge in [0.25, 0.3) is 0 Å². The second-order valence-corrected chi connectivity index (χ2v) is 6.78. The van der Waals surface area contributed by atoms with Crippen LogP contribution in [0, 0.1) is 5.82 Å². The van der Waals surface area contributed by atoms with Gasteiger partial charge in [0, 0.05) is 24.7 Å². The Balaban J connectivity index is 1.64. The number of halogens is 2. The molecule has 0 aromatic heterocycles. The van der Waals surface area contributed by atoms with E-state index in [4.69, 9.17) is 0 Å². The van der Waals surface area contributed by atoms with Crippen LogP contribution in [0.1, 0.15) is 31.2 Å². The fraction of sp³-hybridized carbons (Fsp3) is 0.600. The van der Waals surface area contributed by atoms with Gasteiger partial charge in [-0.25, -0.2) is 4.39 Å². The van der Waals surface area contributed by atoms with Gasteiger partial charge in [-0.2, -0.15) is 0 Å². The zero-order chi connectivity index (χ0) is 13.4. The Kier molecular flexibility index (Phi) is 3.92. The van der Waals surface area contributed by atoms with Crippen LogP contribution in [-0.2, 0) is 6.54 Å². The van der Waals surface area contributed by atoms with Crippen molar-refractivity contribution in [2.45, 2.75) is 50.4 Å². The first kappa shape index (κ1) is 13.5. The molecule has 1 aromatic rings. The molecule has 1 N–H and O–H groups in total. The SMILES string of the molecule is CN(Cc1ccc(F)c(Br)c1)C1CC2CCC(C1)N2. The van der Waals surface area contributed by atoms with Gasteiger partial charge in [0.1, 0.15) is 5.82 Å². The smallest absolute Gasteiger partial charge is 0.137 e. The third-order valence-corrected chi connectivity index (χ3v) is 5.10. The quantitative estimate of drug-likeness (QED) is 0.916. The van der Waals surface area contributed by atoms with Crippen LogP contribution in [0.2, 0.25) is 0 Å². The molecule has 2 saturated heterocycles. The molecule has 2 fully saturated rings. The van der Waals surface area contributed by atoms with E-state index in [0.717, 1.165) is 6.54 Å². The van der Waals surface area contributed by atoms with Crippen molar-refractivity contribution in [3.63, 3.8) is 0 Å². The molecule has 104 valence electrons. The van der Waals surface area contributed by atoms with Gasteiger partial charge in [-0.15, -0.1) is 0 Å². The van der Waals surface area contributed by atoms with Crippen molar-refractivity contribution in [3.8, 4) is 0 Å². The van der Waals surface area contributed by atoms with Crippen molar-refractivity contribution in [3.05, 3.63) is 34.1 Å². The molecule has 0 spiro atoms. The predicted molar refractivity (Wildman–Crippen MR) is 78.5 cm³/mol. The molecule has 4 heteroatoms. The van der Waals surface area contributed by atoms with Crippen molar-refractivity contribution in [1.82, 2.24) is 10.2 Å². The standard InChI is InChI=1S/C15H20BrFN2/c1-19(9-10-2-5-15(17)14(16)6-10)13-7-11-3-4-12(8-13)18-11/h2,5-6,11-13,18H,3-4,7-9H2,1H3. The van der Waals surface area contributed by atoms with Gasteiger partial charge in [-0.1, -0.05) is 6.07 Å². The molecule has 2 aliphatic heterocycles. The van der Waals surface area contributed by atoms with E-state index in [1.54, 1.807) is 6.07 Å². The summed E-state index contributed by atoms with van der Waals surface area (Å²) in [6.07, 6.45) is 5.15. The fourth-order valence-electron chi connectivity index (χ4n) is 3.44. The van der Waals surface area contributed by atoms with Gasteiger partial charge >= 0.3 is 0 Å². The highest BCUT2D eigenvalue weighted by Crippen LogP contribution is 2.30. The predicted octanol–water partition coefficient (Wildman–Crippen LogP) is 3.30. The Hall–Kier alpha value is -0.450. The van der Waals surface area contributed by atoms with Gasteiger partial charge in [-0.3, -0.25) is 4.90 Å². The average molecular weight is 327 g/mol. The molecular weight excluding hydrogens is 307 g/mol. The van der Waals surface area contributed by atoms with E-state index < -0.39 is 0 Å². The van der Waals surface area contributed by atoms with Crippen LogP contribution in [-0.4, -0.2) is 30.1 Å². The van der Waals surface area contributed by atoms with Gasteiger partial charge in [-0.05, 0) is 66.4 Å². The normalized spacial score (nSPS) is 30.0. The number of nitrogens with one attached hydrogen (secondary N) is 1. The van der Waals surface area contributed by atoms with Crippen LogP contribution < -0.4 is 5.32 Å². The first-order valence-corrected chi connectivity index (χ1v) is 7.81. The molecule has 0 saturated carbocycles. The second-order valence-electron chi connectivity index (χ2n) is 5.93. The molecule has 2 atom stereocenters. The molecule has 19 heavy (non-hydrogen) atoms. The Morgan fingerprint density at radius 2 is 2.00 bits per heavy atom. The van der Waals surface area contributed by atoms with Gasteiger partial charge in [0.2, 0.25) is 0 Å². The number of benzene rings is 1. The van der Waals surface area contributed by atoms with E-state index in [0.29, 0.717) is 22.6 Å². The highest BCUT2D eigenvalue weighted by Gasteiger charge is 2.34. The lowest BCUT2D eigenvalue weighted by molar-refractivity contribution is 0.166. The van der Waals surface area contributed by atoms with Crippen LogP contribution in [0.15, 0.2) is 22.7 Å². The first-order valence-electron chi connectivity index (χ1n) is 7.02. The monoisotopic (exact) mass is 326 g/mol. The zero-order valence-corrected chi connectivity index (χ0v) is 12.8. The maximum atomic E-state index is 13.2. The topological polar surface area (TPSA) is 15.3 Å². The maximum absolute atomic E-state index is 13.2. The number of hydrogen-bond acceptors (Lipinski definition) is 2. The van der Waals surface area contributed by atoms with E-state index >= 15 is 0 Å². The van der Waals surface area contributed by atoms with Crippen molar-refractivity contribution in [2.24, 2.45) is 0 Å². The van der Waals surface area contributed by atoms with E-state index in [9.17, 15) is 4.39 Å². The third kappa shape index (κ3) is 3.01. The summed E-state index contributed by atoms with van der Waals surface area (Å²) >= 11 is 3.26. The van der Waals surface area contributed by atoms with Crippen molar-refractivity contribution >= 4 is 15.9 Å². The van der Waals surface area contributed by atoms with Gasteiger partial charge in [0.15, 0.2) is 0 Å². The lowest BCUT2D eigenvalue weighted by Gasteiger charge is -2.35. The lowest BCUT2D eigenvalue weighted by Crippen LogP contribution is -2.46. The first-order chi connectivity index (χ1) is 9.11. The maximum Gasteiger partial charge on any atom is 0.137 e. The molecule has 0 amide bonds. The van der Waals surface area contributed by atoms with E-state index in [2.05, 4.69) is 33.2 Å². The molecule has 2 heterocycles. The fourth-order valence-corrected chi connectivity index (χ4v) is 3.87. The molecule has 2 nitrogen and oxygen atoms in total. The summed E-state index contributed by atoms with van der Waals surface area (Å²) in [5, 5.41) is 3.67.